The fraction of sp³-hybridized carbons (Fsp3) is 0.370. The summed E-state index contributed by atoms with van der Waals surface area (Å²) in [6, 6.07) is 4.23. The second kappa shape index (κ2) is 11.8. The van der Waals surface area contributed by atoms with Crippen LogP contribution < -0.4 is 15.0 Å². The van der Waals surface area contributed by atoms with Gasteiger partial charge in [0.1, 0.15) is 22.3 Å². The van der Waals surface area contributed by atoms with Crippen LogP contribution in [0, 0.1) is 0 Å². The van der Waals surface area contributed by atoms with Crippen molar-refractivity contribution in [2.24, 2.45) is 4.99 Å². The maximum Gasteiger partial charge on any atom is 0.387 e. The van der Waals surface area contributed by atoms with Crippen molar-refractivity contribution in [1.82, 2.24) is 14.8 Å². The van der Waals surface area contributed by atoms with Crippen LogP contribution in [0.2, 0.25) is 5.02 Å². The van der Waals surface area contributed by atoms with Crippen LogP contribution in [0.5, 0.6) is 5.75 Å². The molecule has 4 heterocycles. The number of likely N-dealkylation sites (tertiary alicyclic amines) is 1. The lowest BCUT2D eigenvalue weighted by Gasteiger charge is -2.46. The molecule has 3 aliphatic rings. The van der Waals surface area contributed by atoms with E-state index in [0.717, 1.165) is 0 Å². The number of allylic oxidation sites excluding steroid dienone is 1. The van der Waals surface area contributed by atoms with E-state index in [1.54, 1.807) is 35.3 Å². The third kappa shape index (κ3) is 6.41. The first-order valence-electron chi connectivity index (χ1n) is 12.8. The number of hydrogen-bond acceptors (Lipinski definition) is 8. The van der Waals surface area contributed by atoms with E-state index < -0.39 is 18.4 Å². The summed E-state index contributed by atoms with van der Waals surface area (Å²) in [4.78, 5) is 27.9. The SMILES string of the molecule is C=CC(C(=O)Nc1sc(N2CCC(N3CC(F)(F)C3)CC2)nc1-c1cc(Cl)ccc1OC(F)F)=C1N=CC=CN1C. The number of alkyl halides is 4. The first kappa shape index (κ1) is 29.1. The molecule has 218 valence electrons. The van der Waals surface area contributed by atoms with E-state index in [1.165, 1.54) is 35.6 Å². The standard InChI is InChI=1S/C27H27ClF4N6O2S/c1-3-18(22-33-9-4-10-36(22)2)23(39)35-24-21(19-13-16(28)5-6-20(19)40-25(29)30)34-26(41-24)37-11-7-17(8-12-37)38-14-27(31,32)15-38/h3-6,9-10,13,17,25H,1,7-8,11-12,14-15H2,2H3,(H,35,39). The van der Waals surface area contributed by atoms with Crippen molar-refractivity contribution in [2.75, 3.05) is 43.4 Å². The minimum Gasteiger partial charge on any atom is -0.434 e. The number of hydrogen-bond donors (Lipinski definition) is 1. The molecular formula is C27H27ClF4N6O2S. The van der Waals surface area contributed by atoms with Gasteiger partial charge in [0.25, 0.3) is 11.8 Å². The molecule has 0 aliphatic carbocycles. The molecule has 2 aromatic rings. The fourth-order valence-corrected chi connectivity index (χ4v) is 6.18. The van der Waals surface area contributed by atoms with Crippen molar-refractivity contribution in [1.29, 1.82) is 0 Å². The molecule has 2 saturated heterocycles. The van der Waals surface area contributed by atoms with Crippen LogP contribution in [-0.2, 0) is 4.79 Å². The lowest BCUT2D eigenvalue weighted by molar-refractivity contribution is -0.148. The molecule has 1 aromatic heterocycles. The van der Waals surface area contributed by atoms with E-state index in [2.05, 4.69) is 16.9 Å². The number of nitrogens with one attached hydrogen (secondary N) is 1. The van der Waals surface area contributed by atoms with Crippen LogP contribution >= 0.6 is 22.9 Å². The lowest BCUT2D eigenvalue weighted by Crippen LogP contribution is -2.61. The summed E-state index contributed by atoms with van der Waals surface area (Å²) in [5.41, 5.74) is 0.572. The number of ether oxygens (including phenoxy) is 1. The third-order valence-electron chi connectivity index (χ3n) is 6.99. The number of anilines is 2. The lowest BCUT2D eigenvalue weighted by atomic mass is 9.98. The predicted molar refractivity (Wildman–Crippen MR) is 152 cm³/mol. The number of carbonyl (C=O) groups is 1. The van der Waals surface area contributed by atoms with Gasteiger partial charge in [0.15, 0.2) is 5.13 Å². The molecule has 5 rings (SSSR count). The zero-order valence-electron chi connectivity index (χ0n) is 22.0. The van der Waals surface area contributed by atoms with Crippen LogP contribution in [0.25, 0.3) is 11.3 Å². The Kier molecular flexibility index (Phi) is 8.39. The summed E-state index contributed by atoms with van der Waals surface area (Å²) >= 11 is 7.39. The summed E-state index contributed by atoms with van der Waals surface area (Å²) in [6.07, 6.45) is 7.71. The molecule has 1 aromatic carbocycles. The summed E-state index contributed by atoms with van der Waals surface area (Å²) in [7, 11) is 1.74. The van der Waals surface area contributed by atoms with Gasteiger partial charge < -0.3 is 19.9 Å². The highest BCUT2D eigenvalue weighted by molar-refractivity contribution is 7.20. The quantitative estimate of drug-likeness (QED) is 0.299. The Labute approximate surface area is 243 Å². The molecule has 8 nitrogen and oxygen atoms in total. The van der Waals surface area contributed by atoms with Gasteiger partial charge in [-0.05, 0) is 37.1 Å². The number of carbonyl (C=O) groups excluding carboxylic acids is 1. The number of piperidine rings is 1. The second-order valence-electron chi connectivity index (χ2n) is 9.80. The van der Waals surface area contributed by atoms with Crippen LogP contribution in [0.4, 0.5) is 27.7 Å². The van der Waals surface area contributed by atoms with E-state index in [9.17, 15) is 22.4 Å². The van der Waals surface area contributed by atoms with E-state index in [-0.39, 0.29) is 51.7 Å². The van der Waals surface area contributed by atoms with Crippen molar-refractivity contribution in [3.63, 3.8) is 0 Å². The smallest absolute Gasteiger partial charge is 0.387 e. The van der Waals surface area contributed by atoms with Crippen LogP contribution in [0.3, 0.4) is 0 Å². The molecule has 41 heavy (non-hydrogen) atoms. The second-order valence-corrected chi connectivity index (χ2v) is 11.2. The number of aliphatic imine (C=N–C) groups is 1. The number of halogens is 5. The number of benzene rings is 1. The molecule has 0 spiro atoms. The van der Waals surface area contributed by atoms with Crippen molar-refractivity contribution >= 4 is 45.2 Å². The van der Waals surface area contributed by atoms with Crippen LogP contribution in [0.1, 0.15) is 12.8 Å². The van der Waals surface area contributed by atoms with Crippen molar-refractivity contribution in [3.8, 4) is 17.0 Å². The Morgan fingerprint density at radius 3 is 2.66 bits per heavy atom. The summed E-state index contributed by atoms with van der Waals surface area (Å²) in [6.45, 7) is 1.31. The number of rotatable bonds is 8. The zero-order valence-corrected chi connectivity index (χ0v) is 23.6. The fourth-order valence-electron chi connectivity index (χ4n) is 4.98. The maximum absolute atomic E-state index is 13.5. The highest BCUT2D eigenvalue weighted by Gasteiger charge is 2.47. The van der Waals surface area contributed by atoms with Gasteiger partial charge in [0.05, 0.1) is 18.7 Å². The molecule has 3 aliphatic heterocycles. The molecule has 0 unspecified atom stereocenters. The number of thiazole rings is 1. The molecule has 0 saturated carbocycles. The highest BCUT2D eigenvalue weighted by Crippen LogP contribution is 2.44. The Morgan fingerprint density at radius 1 is 1.29 bits per heavy atom. The van der Waals surface area contributed by atoms with Crippen molar-refractivity contribution in [3.05, 3.63) is 59.5 Å². The first-order chi connectivity index (χ1) is 19.5. The normalized spacial score (nSPS) is 20.3. The molecule has 0 atom stereocenters. The minimum absolute atomic E-state index is 0.0484. The maximum atomic E-state index is 13.5. The zero-order chi connectivity index (χ0) is 29.3. The molecule has 14 heteroatoms. The monoisotopic (exact) mass is 610 g/mol. The Balaban J connectivity index is 1.46. The van der Waals surface area contributed by atoms with Crippen LogP contribution in [-0.4, -0.2) is 78.7 Å². The van der Waals surface area contributed by atoms with E-state index in [1.807, 2.05) is 4.90 Å². The minimum atomic E-state index is -3.09. The van der Waals surface area contributed by atoms with Gasteiger partial charge >= 0.3 is 6.61 Å². The molecule has 0 bridgehead atoms. The summed E-state index contributed by atoms with van der Waals surface area (Å²) in [5.74, 6) is -2.94. The third-order valence-corrected chi connectivity index (χ3v) is 8.26. The average Bonchev–Trinajstić information content (AvgIpc) is 3.33. The van der Waals surface area contributed by atoms with E-state index in [4.69, 9.17) is 21.3 Å². The highest BCUT2D eigenvalue weighted by atomic mass is 35.5. The predicted octanol–water partition coefficient (Wildman–Crippen LogP) is 5.85. The first-order valence-corrected chi connectivity index (χ1v) is 14.0. The van der Waals surface area contributed by atoms with Crippen LogP contribution in [0.15, 0.2) is 59.5 Å². The van der Waals surface area contributed by atoms with Gasteiger partial charge in [-0.15, -0.1) is 0 Å². The van der Waals surface area contributed by atoms with Gasteiger partial charge in [-0.3, -0.25) is 9.69 Å². The number of amides is 1. The molecule has 1 N–H and O–H groups in total. The van der Waals surface area contributed by atoms with Gasteiger partial charge in [0.2, 0.25) is 0 Å². The largest absolute Gasteiger partial charge is 0.434 e. The van der Waals surface area contributed by atoms with Gasteiger partial charge in [-0.25, -0.2) is 18.8 Å². The number of aromatic nitrogens is 1. The Hall–Kier alpha value is -3.42. The Bertz CT molecular complexity index is 1410. The van der Waals surface area contributed by atoms with Gasteiger partial charge in [0, 0.05) is 49.2 Å². The number of nitrogens with zero attached hydrogens (tertiary/aromatic N) is 5. The van der Waals surface area contributed by atoms with Gasteiger partial charge in [-0.2, -0.15) is 8.78 Å². The summed E-state index contributed by atoms with van der Waals surface area (Å²) < 4.78 is 58.0. The topological polar surface area (TPSA) is 73.3 Å². The molecule has 1 amide bonds. The molecular weight excluding hydrogens is 584 g/mol. The average molecular weight is 611 g/mol. The Morgan fingerprint density at radius 2 is 2.02 bits per heavy atom. The molecule has 2 fully saturated rings. The summed E-state index contributed by atoms with van der Waals surface area (Å²) in [5, 5.41) is 3.94. The van der Waals surface area contributed by atoms with E-state index in [0.29, 0.717) is 36.9 Å². The van der Waals surface area contributed by atoms with Gasteiger partial charge in [-0.1, -0.05) is 35.6 Å². The van der Waals surface area contributed by atoms with Crippen molar-refractivity contribution < 1.29 is 27.1 Å². The molecule has 0 radical (unpaired) electrons. The van der Waals surface area contributed by atoms with E-state index >= 15 is 0 Å². The van der Waals surface area contributed by atoms with Crippen molar-refractivity contribution in [2.45, 2.75) is 31.4 Å².